The molecule has 0 saturated heterocycles. The maximum absolute atomic E-state index is 9.48. The molecule has 0 heterocycles. The highest BCUT2D eigenvalue weighted by molar-refractivity contribution is 5.48. The van der Waals surface area contributed by atoms with Crippen LogP contribution in [0.1, 0.15) is 24.3 Å². The van der Waals surface area contributed by atoms with Gasteiger partial charge in [-0.15, -0.1) is 0 Å². The quantitative estimate of drug-likeness (QED) is 0.717. The van der Waals surface area contributed by atoms with Crippen LogP contribution >= 0.6 is 0 Å². The summed E-state index contributed by atoms with van der Waals surface area (Å²) in [6, 6.07) is 7.48. The van der Waals surface area contributed by atoms with Crippen molar-refractivity contribution in [2.24, 2.45) is 0 Å². The van der Waals surface area contributed by atoms with Gasteiger partial charge in [0.15, 0.2) is 6.29 Å². The van der Waals surface area contributed by atoms with E-state index in [4.69, 9.17) is 4.74 Å². The highest BCUT2D eigenvalue weighted by Crippen LogP contribution is 2.15. The molecule has 0 spiro atoms. The minimum atomic E-state index is -0.829. The lowest BCUT2D eigenvalue weighted by atomic mass is 10.1. The van der Waals surface area contributed by atoms with E-state index < -0.39 is 6.29 Å². The van der Waals surface area contributed by atoms with E-state index in [2.05, 4.69) is 6.58 Å². The third-order valence-corrected chi connectivity index (χ3v) is 1.76. The van der Waals surface area contributed by atoms with Gasteiger partial charge in [-0.1, -0.05) is 30.9 Å². The summed E-state index contributed by atoms with van der Waals surface area (Å²) in [6.07, 6.45) is 0.909. The topological polar surface area (TPSA) is 29.5 Å². The van der Waals surface area contributed by atoms with Crippen LogP contribution in [0.25, 0.3) is 6.08 Å². The first-order valence-electron chi connectivity index (χ1n) is 4.30. The number of rotatable bonds is 4. The molecule has 1 atom stereocenters. The van der Waals surface area contributed by atoms with Crippen LogP contribution in [0.3, 0.4) is 0 Å². The molecule has 0 radical (unpaired) electrons. The summed E-state index contributed by atoms with van der Waals surface area (Å²) in [4.78, 5) is 0. The van der Waals surface area contributed by atoms with Gasteiger partial charge in [-0.25, -0.2) is 0 Å². The SMILES string of the molecule is C=Cc1cccc(C(O)OCC)c1. The van der Waals surface area contributed by atoms with Crippen molar-refractivity contribution in [1.29, 1.82) is 0 Å². The summed E-state index contributed by atoms with van der Waals surface area (Å²) in [6.45, 7) is 6.00. The molecule has 1 unspecified atom stereocenters. The minimum Gasteiger partial charge on any atom is -0.364 e. The van der Waals surface area contributed by atoms with Crippen molar-refractivity contribution in [2.75, 3.05) is 6.61 Å². The zero-order chi connectivity index (χ0) is 9.68. The van der Waals surface area contributed by atoms with E-state index >= 15 is 0 Å². The summed E-state index contributed by atoms with van der Waals surface area (Å²) in [5.74, 6) is 0. The van der Waals surface area contributed by atoms with E-state index in [0.29, 0.717) is 6.61 Å². The molecule has 0 fully saturated rings. The van der Waals surface area contributed by atoms with Crippen LogP contribution in [0.4, 0.5) is 0 Å². The van der Waals surface area contributed by atoms with E-state index in [1.807, 2.05) is 31.2 Å². The maximum Gasteiger partial charge on any atom is 0.181 e. The Morgan fingerprint density at radius 1 is 1.62 bits per heavy atom. The van der Waals surface area contributed by atoms with E-state index in [9.17, 15) is 5.11 Å². The van der Waals surface area contributed by atoms with E-state index in [1.165, 1.54) is 0 Å². The van der Waals surface area contributed by atoms with Crippen molar-refractivity contribution in [1.82, 2.24) is 0 Å². The number of aliphatic hydroxyl groups excluding tert-OH is 1. The van der Waals surface area contributed by atoms with Crippen LogP contribution in [0.2, 0.25) is 0 Å². The maximum atomic E-state index is 9.48. The number of hydrogen-bond donors (Lipinski definition) is 1. The van der Waals surface area contributed by atoms with Crippen LogP contribution in [-0.4, -0.2) is 11.7 Å². The summed E-state index contributed by atoms with van der Waals surface area (Å²) < 4.78 is 5.05. The third-order valence-electron chi connectivity index (χ3n) is 1.76. The van der Waals surface area contributed by atoms with Gasteiger partial charge in [0.05, 0.1) is 0 Å². The molecule has 1 aromatic carbocycles. The van der Waals surface area contributed by atoms with E-state index in [0.717, 1.165) is 11.1 Å². The van der Waals surface area contributed by atoms with Gasteiger partial charge < -0.3 is 9.84 Å². The largest absolute Gasteiger partial charge is 0.364 e. The normalized spacial score (nSPS) is 12.5. The third kappa shape index (κ3) is 2.68. The minimum absolute atomic E-state index is 0.499. The fourth-order valence-corrected chi connectivity index (χ4v) is 1.09. The van der Waals surface area contributed by atoms with Gasteiger partial charge >= 0.3 is 0 Å². The Balaban J connectivity index is 2.81. The first kappa shape index (κ1) is 9.96. The van der Waals surface area contributed by atoms with E-state index in [-0.39, 0.29) is 0 Å². The molecule has 0 aromatic heterocycles. The Labute approximate surface area is 78.5 Å². The number of hydrogen-bond acceptors (Lipinski definition) is 2. The second-order valence-electron chi connectivity index (χ2n) is 2.68. The smallest absolute Gasteiger partial charge is 0.181 e. The molecule has 1 rings (SSSR count). The lowest BCUT2D eigenvalue weighted by Gasteiger charge is -2.10. The average Bonchev–Trinajstić information content (AvgIpc) is 2.18. The van der Waals surface area contributed by atoms with Crippen molar-refractivity contribution in [3.05, 3.63) is 42.0 Å². The predicted octanol–water partition coefficient (Wildman–Crippen LogP) is 2.36. The molecule has 13 heavy (non-hydrogen) atoms. The van der Waals surface area contributed by atoms with Gasteiger partial charge in [0, 0.05) is 12.2 Å². The Hall–Kier alpha value is -1.12. The fourth-order valence-electron chi connectivity index (χ4n) is 1.09. The second kappa shape index (κ2) is 4.80. The molecular weight excluding hydrogens is 164 g/mol. The molecule has 2 nitrogen and oxygen atoms in total. The number of ether oxygens (including phenoxy) is 1. The van der Waals surface area contributed by atoms with Crippen LogP contribution in [0.5, 0.6) is 0 Å². The lowest BCUT2D eigenvalue weighted by molar-refractivity contribution is -0.0979. The van der Waals surface area contributed by atoms with Gasteiger partial charge in [0.2, 0.25) is 0 Å². The molecule has 70 valence electrons. The highest BCUT2D eigenvalue weighted by Gasteiger charge is 2.05. The highest BCUT2D eigenvalue weighted by atomic mass is 16.6. The van der Waals surface area contributed by atoms with Crippen molar-refractivity contribution in [3.63, 3.8) is 0 Å². The van der Waals surface area contributed by atoms with Crippen molar-refractivity contribution < 1.29 is 9.84 Å². The average molecular weight is 178 g/mol. The summed E-state index contributed by atoms with van der Waals surface area (Å²) in [5, 5.41) is 9.48. The van der Waals surface area contributed by atoms with Crippen molar-refractivity contribution in [3.8, 4) is 0 Å². The molecule has 0 aliphatic carbocycles. The van der Waals surface area contributed by atoms with Crippen molar-refractivity contribution >= 4 is 6.08 Å². The van der Waals surface area contributed by atoms with E-state index in [1.54, 1.807) is 6.08 Å². The molecule has 1 aromatic rings. The molecular formula is C11H14O2. The van der Waals surface area contributed by atoms with Gasteiger partial charge in [0.1, 0.15) is 0 Å². The van der Waals surface area contributed by atoms with Crippen LogP contribution in [0.15, 0.2) is 30.8 Å². The van der Waals surface area contributed by atoms with Crippen molar-refractivity contribution in [2.45, 2.75) is 13.2 Å². The number of benzene rings is 1. The predicted molar refractivity (Wildman–Crippen MR) is 53.1 cm³/mol. The molecule has 0 saturated carbocycles. The van der Waals surface area contributed by atoms with Gasteiger partial charge in [0.25, 0.3) is 0 Å². The Morgan fingerprint density at radius 3 is 3.00 bits per heavy atom. The molecule has 0 aliphatic rings. The standard InChI is InChI=1S/C11H14O2/c1-3-9-6-5-7-10(8-9)11(12)13-4-2/h3,5-8,11-12H,1,4H2,2H3. The second-order valence-corrected chi connectivity index (χ2v) is 2.68. The Bertz CT molecular complexity index is 281. The van der Waals surface area contributed by atoms with Crippen LogP contribution in [-0.2, 0) is 4.74 Å². The molecule has 0 aliphatic heterocycles. The molecule has 0 amide bonds. The number of aliphatic hydroxyl groups is 1. The molecule has 0 bridgehead atoms. The van der Waals surface area contributed by atoms with Gasteiger partial charge in [-0.3, -0.25) is 0 Å². The fraction of sp³-hybridized carbons (Fsp3) is 0.273. The molecule has 2 heteroatoms. The van der Waals surface area contributed by atoms with Crippen LogP contribution < -0.4 is 0 Å². The lowest BCUT2D eigenvalue weighted by Crippen LogP contribution is -2.02. The summed E-state index contributed by atoms with van der Waals surface area (Å²) >= 11 is 0. The zero-order valence-electron chi connectivity index (χ0n) is 7.73. The monoisotopic (exact) mass is 178 g/mol. The van der Waals surface area contributed by atoms with Gasteiger partial charge in [-0.05, 0) is 18.6 Å². The summed E-state index contributed by atoms with van der Waals surface area (Å²) in [7, 11) is 0. The Morgan fingerprint density at radius 2 is 2.38 bits per heavy atom. The zero-order valence-corrected chi connectivity index (χ0v) is 7.73. The van der Waals surface area contributed by atoms with Crippen LogP contribution in [0, 0.1) is 0 Å². The summed E-state index contributed by atoms with van der Waals surface area (Å²) in [5.41, 5.74) is 1.75. The Kier molecular flexibility index (Phi) is 3.68. The molecule has 1 N–H and O–H groups in total. The first-order valence-corrected chi connectivity index (χ1v) is 4.30. The first-order chi connectivity index (χ1) is 6.27. The van der Waals surface area contributed by atoms with Gasteiger partial charge in [-0.2, -0.15) is 0 Å².